The van der Waals surface area contributed by atoms with E-state index in [0.717, 1.165) is 60.0 Å². The molecule has 31 heavy (non-hydrogen) atoms. The molecule has 0 radical (unpaired) electrons. The fourth-order valence-corrected chi connectivity index (χ4v) is 4.35. The van der Waals surface area contributed by atoms with E-state index in [1.807, 2.05) is 61.5 Å². The number of likely N-dealkylation sites (N-methyl/N-ethyl adjacent to an activating group) is 1. The van der Waals surface area contributed by atoms with Crippen molar-refractivity contribution in [3.63, 3.8) is 0 Å². The minimum Gasteiger partial charge on any atom is -0.449 e. The molecule has 0 aliphatic heterocycles. The molecule has 3 aromatic rings. The van der Waals surface area contributed by atoms with E-state index in [9.17, 15) is 9.59 Å². The van der Waals surface area contributed by atoms with Crippen LogP contribution >= 0.6 is 0 Å². The molecule has 1 unspecified atom stereocenters. The third-order valence-corrected chi connectivity index (χ3v) is 5.91. The summed E-state index contributed by atoms with van der Waals surface area (Å²) >= 11 is 0. The molecule has 1 heterocycles. The van der Waals surface area contributed by atoms with E-state index in [0.29, 0.717) is 12.1 Å². The van der Waals surface area contributed by atoms with Gasteiger partial charge in [0.2, 0.25) is 0 Å². The summed E-state index contributed by atoms with van der Waals surface area (Å²) in [6.45, 7) is 4.06. The van der Waals surface area contributed by atoms with E-state index in [2.05, 4.69) is 0 Å². The van der Waals surface area contributed by atoms with Crippen LogP contribution in [-0.2, 0) is 22.4 Å². The zero-order chi connectivity index (χ0) is 21.8. The zero-order valence-corrected chi connectivity index (χ0v) is 18.1. The number of carbonyl (C=O) groups excluding carboxylic acids is 2. The van der Waals surface area contributed by atoms with Crippen molar-refractivity contribution in [1.82, 2.24) is 4.98 Å². The highest BCUT2D eigenvalue weighted by molar-refractivity contribution is 6.06. The van der Waals surface area contributed by atoms with Crippen LogP contribution in [0.5, 0.6) is 0 Å². The van der Waals surface area contributed by atoms with E-state index in [1.165, 1.54) is 0 Å². The Hall–Kier alpha value is -3.21. The van der Waals surface area contributed by atoms with Gasteiger partial charge in [-0.15, -0.1) is 0 Å². The van der Waals surface area contributed by atoms with Crippen LogP contribution in [0.15, 0.2) is 54.6 Å². The fraction of sp³-hybridized carbons (Fsp3) is 0.346. The highest BCUT2D eigenvalue weighted by Gasteiger charge is 2.28. The Bertz CT molecular complexity index is 1090. The third-order valence-electron chi connectivity index (χ3n) is 5.91. The maximum absolute atomic E-state index is 13.4. The van der Waals surface area contributed by atoms with Crippen LogP contribution in [0, 0.1) is 0 Å². The molecule has 1 aliphatic rings. The summed E-state index contributed by atoms with van der Waals surface area (Å²) in [4.78, 5) is 32.9. The van der Waals surface area contributed by atoms with Crippen LogP contribution < -0.4 is 4.90 Å². The van der Waals surface area contributed by atoms with Crippen molar-refractivity contribution in [3.8, 4) is 0 Å². The Morgan fingerprint density at radius 3 is 2.48 bits per heavy atom. The first-order chi connectivity index (χ1) is 15.1. The second-order valence-corrected chi connectivity index (χ2v) is 7.96. The Labute approximate surface area is 183 Å². The first-order valence-corrected chi connectivity index (χ1v) is 11.1. The first kappa shape index (κ1) is 21.0. The highest BCUT2D eigenvalue weighted by Crippen LogP contribution is 2.29. The van der Waals surface area contributed by atoms with Crippen LogP contribution in [0.3, 0.4) is 0 Å². The number of anilines is 1. The fourth-order valence-electron chi connectivity index (χ4n) is 4.35. The molecule has 5 heteroatoms. The number of aryl methyl sites for hydroxylation is 1. The average Bonchev–Trinajstić information content (AvgIpc) is 3.03. The Balaban J connectivity index is 1.65. The summed E-state index contributed by atoms with van der Waals surface area (Å²) in [5.41, 5.74) is 4.14. The van der Waals surface area contributed by atoms with Gasteiger partial charge in [0.05, 0.1) is 11.1 Å². The normalized spacial score (nSPS) is 14.4. The van der Waals surface area contributed by atoms with Crippen molar-refractivity contribution < 1.29 is 14.3 Å². The third kappa shape index (κ3) is 4.31. The zero-order valence-electron chi connectivity index (χ0n) is 18.1. The lowest BCUT2D eigenvalue weighted by atomic mass is 9.97. The SMILES string of the molecule is CCN(C(=O)C(C)OC(=O)c1c2c(nc3ccccc13)CCCCC2)c1ccccc1. The van der Waals surface area contributed by atoms with Crippen LogP contribution in [0.4, 0.5) is 5.69 Å². The van der Waals surface area contributed by atoms with Gasteiger partial charge in [-0.2, -0.15) is 0 Å². The molecule has 0 bridgehead atoms. The molecule has 4 rings (SSSR count). The largest absolute Gasteiger partial charge is 0.449 e. The molecule has 0 saturated carbocycles. The topological polar surface area (TPSA) is 59.5 Å². The standard InChI is InChI=1S/C26H28N2O3/c1-3-28(19-12-6-4-7-13-19)25(29)18(2)31-26(30)24-20-14-8-5-9-16-22(20)27-23-17-11-10-15-21(23)24/h4,6-7,10-13,15,17-18H,3,5,8-9,14,16H2,1-2H3. The van der Waals surface area contributed by atoms with Crippen molar-refractivity contribution in [1.29, 1.82) is 0 Å². The Kier molecular flexibility index (Phi) is 6.31. The van der Waals surface area contributed by atoms with Crippen molar-refractivity contribution in [3.05, 3.63) is 71.4 Å². The summed E-state index contributed by atoms with van der Waals surface area (Å²) in [6, 6.07) is 17.1. The van der Waals surface area contributed by atoms with Crippen molar-refractivity contribution in [2.45, 2.75) is 52.1 Å². The highest BCUT2D eigenvalue weighted by atomic mass is 16.5. The van der Waals surface area contributed by atoms with Gasteiger partial charge < -0.3 is 9.64 Å². The second kappa shape index (κ2) is 9.29. The number of aromatic nitrogens is 1. The molecule has 0 saturated heterocycles. The van der Waals surface area contributed by atoms with Crippen LogP contribution in [0.25, 0.3) is 10.9 Å². The molecule has 0 N–H and O–H groups in total. The lowest BCUT2D eigenvalue weighted by Crippen LogP contribution is -2.40. The van der Waals surface area contributed by atoms with E-state index in [1.54, 1.807) is 11.8 Å². The molecule has 0 fully saturated rings. The maximum atomic E-state index is 13.4. The van der Waals surface area contributed by atoms with E-state index < -0.39 is 12.1 Å². The number of esters is 1. The lowest BCUT2D eigenvalue weighted by Gasteiger charge is -2.25. The Morgan fingerprint density at radius 1 is 1.00 bits per heavy atom. The number of nitrogens with zero attached hydrogens (tertiary/aromatic N) is 2. The van der Waals surface area contributed by atoms with E-state index >= 15 is 0 Å². The number of pyridine rings is 1. The van der Waals surface area contributed by atoms with Crippen molar-refractivity contribution >= 4 is 28.5 Å². The number of hydrogen-bond donors (Lipinski definition) is 0. The quantitative estimate of drug-likeness (QED) is 0.429. The predicted molar refractivity (Wildman–Crippen MR) is 122 cm³/mol. The molecule has 5 nitrogen and oxygen atoms in total. The molecule has 1 aliphatic carbocycles. The summed E-state index contributed by atoms with van der Waals surface area (Å²) in [5, 5.41) is 0.795. The van der Waals surface area contributed by atoms with E-state index in [4.69, 9.17) is 9.72 Å². The Morgan fingerprint density at radius 2 is 1.71 bits per heavy atom. The van der Waals surface area contributed by atoms with Gasteiger partial charge in [0.25, 0.3) is 5.91 Å². The van der Waals surface area contributed by atoms with Crippen LogP contribution in [0.2, 0.25) is 0 Å². The molecule has 2 aromatic carbocycles. The summed E-state index contributed by atoms with van der Waals surface area (Å²) in [5.74, 6) is -0.673. The van der Waals surface area contributed by atoms with Gasteiger partial charge in [-0.1, -0.05) is 42.8 Å². The summed E-state index contributed by atoms with van der Waals surface area (Å²) in [7, 11) is 0. The molecular formula is C26H28N2O3. The minimum atomic E-state index is -0.888. The van der Waals surface area contributed by atoms with Crippen LogP contribution in [-0.4, -0.2) is 29.5 Å². The number of hydrogen-bond acceptors (Lipinski definition) is 4. The van der Waals surface area contributed by atoms with Gasteiger partial charge in [0.15, 0.2) is 6.10 Å². The molecule has 1 amide bonds. The van der Waals surface area contributed by atoms with Crippen molar-refractivity contribution in [2.75, 3.05) is 11.4 Å². The number of amides is 1. The second-order valence-electron chi connectivity index (χ2n) is 7.96. The van der Waals surface area contributed by atoms with Gasteiger partial charge in [-0.05, 0) is 63.3 Å². The maximum Gasteiger partial charge on any atom is 0.339 e. The molecular weight excluding hydrogens is 388 g/mol. The van der Waals surface area contributed by atoms with E-state index in [-0.39, 0.29) is 5.91 Å². The van der Waals surface area contributed by atoms with Gasteiger partial charge >= 0.3 is 5.97 Å². The molecule has 160 valence electrons. The lowest BCUT2D eigenvalue weighted by molar-refractivity contribution is -0.126. The number of ether oxygens (including phenoxy) is 1. The number of benzene rings is 2. The number of para-hydroxylation sites is 2. The van der Waals surface area contributed by atoms with Gasteiger partial charge in [0.1, 0.15) is 0 Å². The number of fused-ring (bicyclic) bond motifs is 2. The number of rotatable bonds is 5. The number of carbonyl (C=O) groups is 2. The smallest absolute Gasteiger partial charge is 0.339 e. The summed E-state index contributed by atoms with van der Waals surface area (Å²) in [6.07, 6.45) is 4.01. The summed E-state index contributed by atoms with van der Waals surface area (Å²) < 4.78 is 5.76. The molecule has 1 aromatic heterocycles. The van der Waals surface area contributed by atoms with Gasteiger partial charge in [0, 0.05) is 23.3 Å². The monoisotopic (exact) mass is 416 g/mol. The minimum absolute atomic E-state index is 0.230. The van der Waals surface area contributed by atoms with Crippen molar-refractivity contribution in [2.24, 2.45) is 0 Å². The molecule has 1 atom stereocenters. The van der Waals surface area contributed by atoms with Crippen LogP contribution in [0.1, 0.15) is 54.7 Å². The van der Waals surface area contributed by atoms with Gasteiger partial charge in [-0.25, -0.2) is 4.79 Å². The average molecular weight is 417 g/mol. The first-order valence-electron chi connectivity index (χ1n) is 11.1. The predicted octanol–water partition coefficient (Wildman–Crippen LogP) is 5.10. The molecule has 0 spiro atoms. The van der Waals surface area contributed by atoms with Gasteiger partial charge in [-0.3, -0.25) is 9.78 Å².